The molecule has 2 heterocycles. The number of nitrogens with one attached hydrogen (secondary N) is 1. The molecule has 118 valence electrons. The van der Waals surface area contributed by atoms with Crippen LogP contribution in [0.1, 0.15) is 42.9 Å². The van der Waals surface area contributed by atoms with Gasteiger partial charge in [0.2, 0.25) is 0 Å². The molecular weight excluding hydrogens is 308 g/mol. The second kappa shape index (κ2) is 6.42. The average molecular weight is 326 g/mol. The van der Waals surface area contributed by atoms with Crippen LogP contribution < -0.4 is 5.32 Å². The van der Waals surface area contributed by atoms with Crippen LogP contribution in [0.25, 0.3) is 0 Å². The Balaban J connectivity index is 1.76. The van der Waals surface area contributed by atoms with Gasteiger partial charge in [-0.25, -0.2) is 15.0 Å². The highest BCUT2D eigenvalue weighted by Gasteiger charge is 2.25. The monoisotopic (exact) mass is 326 g/mol. The molecule has 1 amide bonds. The Morgan fingerprint density at radius 2 is 2.17 bits per heavy atom. The molecule has 1 aliphatic rings. The van der Waals surface area contributed by atoms with Crippen molar-refractivity contribution in [2.45, 2.75) is 26.7 Å². The summed E-state index contributed by atoms with van der Waals surface area (Å²) in [6.07, 6.45) is 7.36. The van der Waals surface area contributed by atoms with Crippen molar-refractivity contribution in [1.82, 2.24) is 15.0 Å². The highest BCUT2D eigenvalue weighted by Crippen LogP contribution is 2.38. The zero-order valence-corrected chi connectivity index (χ0v) is 14.1. The standard InChI is InChI=1S/C17H18N4OS/c1-10-6-11(2)15(12(3)7-10)14-8-23-17(20-14)21-16(22)13-4-5-18-9-19-13/h4-9,11,15H,1-3H3,(H,20,21,22). The molecule has 2 aromatic heterocycles. The van der Waals surface area contributed by atoms with E-state index < -0.39 is 0 Å². The fourth-order valence-corrected chi connectivity index (χ4v) is 3.74. The molecule has 3 rings (SSSR count). The molecule has 0 saturated carbocycles. The molecule has 0 bridgehead atoms. The Morgan fingerprint density at radius 1 is 1.35 bits per heavy atom. The molecule has 23 heavy (non-hydrogen) atoms. The lowest BCUT2D eigenvalue weighted by molar-refractivity contribution is 0.102. The SMILES string of the molecule is CC1=CC(C)C(c2csc(NC(=O)c3ccncn3)n2)C(C)=C1. The minimum absolute atomic E-state index is 0.264. The Bertz CT molecular complexity index is 779. The van der Waals surface area contributed by atoms with Crippen LogP contribution in [-0.4, -0.2) is 20.9 Å². The zero-order chi connectivity index (χ0) is 16.4. The number of anilines is 1. The van der Waals surface area contributed by atoms with Crippen molar-refractivity contribution in [1.29, 1.82) is 0 Å². The zero-order valence-electron chi connectivity index (χ0n) is 13.3. The second-order valence-corrected chi connectivity index (χ2v) is 6.62. The molecule has 0 radical (unpaired) electrons. The van der Waals surface area contributed by atoms with Crippen molar-refractivity contribution in [2.24, 2.45) is 5.92 Å². The van der Waals surface area contributed by atoms with Crippen molar-refractivity contribution in [2.75, 3.05) is 5.32 Å². The van der Waals surface area contributed by atoms with Crippen LogP contribution in [-0.2, 0) is 0 Å². The normalized spacial score (nSPS) is 20.7. The first-order valence-electron chi connectivity index (χ1n) is 7.44. The van der Waals surface area contributed by atoms with E-state index in [0.29, 0.717) is 16.7 Å². The summed E-state index contributed by atoms with van der Waals surface area (Å²) < 4.78 is 0. The Morgan fingerprint density at radius 3 is 2.87 bits per heavy atom. The van der Waals surface area contributed by atoms with Gasteiger partial charge in [0.1, 0.15) is 12.0 Å². The van der Waals surface area contributed by atoms with Crippen molar-refractivity contribution in [3.63, 3.8) is 0 Å². The fraction of sp³-hybridized carbons (Fsp3) is 0.294. The molecule has 0 spiro atoms. The van der Waals surface area contributed by atoms with Crippen LogP contribution in [0.2, 0.25) is 0 Å². The third kappa shape index (κ3) is 3.37. The van der Waals surface area contributed by atoms with E-state index in [-0.39, 0.29) is 11.8 Å². The highest BCUT2D eigenvalue weighted by atomic mass is 32.1. The summed E-state index contributed by atoms with van der Waals surface area (Å²) in [5, 5.41) is 5.41. The molecule has 5 nitrogen and oxygen atoms in total. The maximum Gasteiger partial charge on any atom is 0.276 e. The quantitative estimate of drug-likeness (QED) is 0.931. The van der Waals surface area contributed by atoms with E-state index >= 15 is 0 Å². The predicted molar refractivity (Wildman–Crippen MR) is 91.5 cm³/mol. The van der Waals surface area contributed by atoms with E-state index in [4.69, 9.17) is 0 Å². The van der Waals surface area contributed by atoms with Gasteiger partial charge in [0.05, 0.1) is 5.69 Å². The van der Waals surface area contributed by atoms with Gasteiger partial charge >= 0.3 is 0 Å². The van der Waals surface area contributed by atoms with Crippen LogP contribution in [0, 0.1) is 5.92 Å². The number of thiazole rings is 1. The molecule has 2 unspecified atom stereocenters. The largest absolute Gasteiger partial charge is 0.296 e. The molecule has 0 fully saturated rings. The van der Waals surface area contributed by atoms with Crippen molar-refractivity contribution >= 4 is 22.4 Å². The van der Waals surface area contributed by atoms with Crippen LogP contribution >= 0.6 is 11.3 Å². The minimum atomic E-state index is -0.270. The number of carbonyl (C=O) groups excluding carboxylic acids is 1. The van der Waals surface area contributed by atoms with Gasteiger partial charge in [0.15, 0.2) is 5.13 Å². The van der Waals surface area contributed by atoms with Gasteiger partial charge in [0.25, 0.3) is 5.91 Å². The summed E-state index contributed by atoms with van der Waals surface area (Å²) in [5.41, 5.74) is 3.92. The lowest BCUT2D eigenvalue weighted by Crippen LogP contribution is -2.15. The smallest absolute Gasteiger partial charge is 0.276 e. The third-order valence-electron chi connectivity index (χ3n) is 3.87. The average Bonchev–Trinajstić information content (AvgIpc) is 2.95. The van der Waals surface area contributed by atoms with Crippen molar-refractivity contribution < 1.29 is 4.79 Å². The Kier molecular flexibility index (Phi) is 4.34. The van der Waals surface area contributed by atoms with E-state index in [9.17, 15) is 4.79 Å². The molecular formula is C17H18N4OS. The minimum Gasteiger partial charge on any atom is -0.296 e. The van der Waals surface area contributed by atoms with E-state index in [1.54, 1.807) is 12.3 Å². The Hall–Kier alpha value is -2.34. The highest BCUT2D eigenvalue weighted by molar-refractivity contribution is 7.14. The summed E-state index contributed by atoms with van der Waals surface area (Å²) in [7, 11) is 0. The predicted octanol–water partition coefficient (Wildman–Crippen LogP) is 3.81. The maximum atomic E-state index is 12.1. The number of hydrogen-bond acceptors (Lipinski definition) is 5. The van der Waals surface area contributed by atoms with Gasteiger partial charge in [-0.3, -0.25) is 10.1 Å². The number of hydrogen-bond donors (Lipinski definition) is 1. The van der Waals surface area contributed by atoms with Gasteiger partial charge in [-0.2, -0.15) is 0 Å². The first kappa shape index (κ1) is 15.6. The number of aromatic nitrogens is 3. The van der Waals surface area contributed by atoms with E-state index in [1.165, 1.54) is 28.8 Å². The molecule has 1 aliphatic carbocycles. The van der Waals surface area contributed by atoms with E-state index in [0.717, 1.165) is 5.69 Å². The van der Waals surface area contributed by atoms with Gasteiger partial charge in [0, 0.05) is 17.5 Å². The molecule has 1 N–H and O–H groups in total. The van der Waals surface area contributed by atoms with Gasteiger partial charge in [-0.05, 0) is 25.8 Å². The summed E-state index contributed by atoms with van der Waals surface area (Å²) in [5.74, 6) is 0.389. The number of allylic oxidation sites excluding steroid dienone is 4. The molecule has 0 aliphatic heterocycles. The number of amides is 1. The summed E-state index contributed by atoms with van der Waals surface area (Å²) in [6, 6.07) is 1.58. The topological polar surface area (TPSA) is 67.8 Å². The fourth-order valence-electron chi connectivity index (χ4n) is 3.00. The van der Waals surface area contributed by atoms with Crippen molar-refractivity contribution in [3.8, 4) is 0 Å². The van der Waals surface area contributed by atoms with Crippen molar-refractivity contribution in [3.05, 3.63) is 58.7 Å². The molecule has 0 aromatic carbocycles. The summed E-state index contributed by atoms with van der Waals surface area (Å²) in [4.78, 5) is 24.5. The lowest BCUT2D eigenvalue weighted by Gasteiger charge is -2.25. The van der Waals surface area contributed by atoms with Gasteiger partial charge in [-0.1, -0.05) is 30.2 Å². The first-order valence-corrected chi connectivity index (χ1v) is 8.32. The molecule has 0 saturated heterocycles. The van der Waals surface area contributed by atoms with Gasteiger partial charge < -0.3 is 0 Å². The molecule has 6 heteroatoms. The maximum absolute atomic E-state index is 12.1. The van der Waals surface area contributed by atoms with Crippen LogP contribution in [0.5, 0.6) is 0 Å². The summed E-state index contributed by atoms with van der Waals surface area (Å²) in [6.45, 7) is 6.45. The summed E-state index contributed by atoms with van der Waals surface area (Å²) >= 11 is 1.44. The molecule has 2 aromatic rings. The third-order valence-corrected chi connectivity index (χ3v) is 4.65. The van der Waals surface area contributed by atoms with Crippen LogP contribution in [0.15, 0.2) is 47.3 Å². The Labute approximate surface area is 139 Å². The number of rotatable bonds is 3. The van der Waals surface area contributed by atoms with E-state index in [1.807, 2.05) is 5.38 Å². The second-order valence-electron chi connectivity index (χ2n) is 5.76. The first-order chi connectivity index (χ1) is 11.0. The van der Waals surface area contributed by atoms with E-state index in [2.05, 4.69) is 53.2 Å². The van der Waals surface area contributed by atoms with Crippen LogP contribution in [0.4, 0.5) is 5.13 Å². The molecule has 2 atom stereocenters. The van der Waals surface area contributed by atoms with Gasteiger partial charge in [-0.15, -0.1) is 11.3 Å². The number of carbonyl (C=O) groups is 1. The van der Waals surface area contributed by atoms with Crippen LogP contribution in [0.3, 0.4) is 0 Å². The number of nitrogens with zero attached hydrogens (tertiary/aromatic N) is 3. The lowest BCUT2D eigenvalue weighted by atomic mass is 9.80.